The third-order valence-corrected chi connectivity index (χ3v) is 5.31. The number of carbonyl (C=O) groups excluding carboxylic acids is 2. The molecule has 1 atom stereocenters. The Kier molecular flexibility index (Phi) is 5.68. The summed E-state index contributed by atoms with van der Waals surface area (Å²) in [6.45, 7) is 5.49. The van der Waals surface area contributed by atoms with Crippen LogP contribution < -0.4 is 0 Å². The second-order valence-electron chi connectivity index (χ2n) is 7.16. The molecule has 0 radical (unpaired) electrons. The highest BCUT2D eigenvalue weighted by molar-refractivity contribution is 5.78. The summed E-state index contributed by atoms with van der Waals surface area (Å²) in [4.78, 5) is 32.6. The molecule has 1 aromatic rings. The molecule has 0 aromatic carbocycles. The minimum absolute atomic E-state index is 0.0288. The van der Waals surface area contributed by atoms with Crippen LogP contribution in [0.25, 0.3) is 0 Å². The van der Waals surface area contributed by atoms with Crippen LogP contribution in [-0.2, 0) is 20.9 Å². The van der Waals surface area contributed by atoms with Crippen molar-refractivity contribution < 1.29 is 14.3 Å². The molecule has 2 fully saturated rings. The molecule has 2 aliphatic heterocycles. The molecular formula is C19H27N3O3. The molecule has 3 rings (SSSR count). The Labute approximate surface area is 149 Å². The number of hydrogen-bond donors (Lipinski definition) is 0. The minimum Gasteiger partial charge on any atom is -0.372 e. The fraction of sp³-hybridized carbons (Fsp3) is 0.632. The first-order valence-electron chi connectivity index (χ1n) is 9.14. The Morgan fingerprint density at radius 3 is 2.84 bits per heavy atom. The van der Waals surface area contributed by atoms with Crippen molar-refractivity contribution in [3.8, 4) is 0 Å². The van der Waals surface area contributed by atoms with Gasteiger partial charge in [-0.25, -0.2) is 0 Å². The number of amides is 2. The lowest BCUT2D eigenvalue weighted by Gasteiger charge is -2.48. The first-order chi connectivity index (χ1) is 12.1. The van der Waals surface area contributed by atoms with Gasteiger partial charge in [-0.2, -0.15) is 0 Å². The summed E-state index contributed by atoms with van der Waals surface area (Å²) in [5.74, 6) is 0.277. The van der Waals surface area contributed by atoms with Gasteiger partial charge in [-0.15, -0.1) is 0 Å². The van der Waals surface area contributed by atoms with E-state index in [1.165, 1.54) is 0 Å². The third kappa shape index (κ3) is 4.37. The van der Waals surface area contributed by atoms with Crippen LogP contribution in [0.4, 0.5) is 0 Å². The maximum atomic E-state index is 12.4. The zero-order chi connectivity index (χ0) is 17.7. The normalized spacial score (nSPS) is 24.0. The van der Waals surface area contributed by atoms with Crippen LogP contribution in [-0.4, -0.2) is 59.4 Å². The van der Waals surface area contributed by atoms with E-state index >= 15 is 0 Å². The molecule has 0 aliphatic carbocycles. The van der Waals surface area contributed by atoms with E-state index in [-0.39, 0.29) is 23.8 Å². The molecule has 0 N–H and O–H groups in total. The number of piperidine rings is 2. The standard InChI is InChI=1S/C19H27N3O3/c1-2-25-13-18(24)21-11-3-7-19(14-21)8-4-17(23)22(15-19)12-16-5-9-20-10-6-16/h5-6,9-10H,2-4,7-8,11-15H2,1H3. The Morgan fingerprint density at radius 1 is 1.28 bits per heavy atom. The first kappa shape index (κ1) is 17.9. The van der Waals surface area contributed by atoms with Gasteiger partial charge in [0.05, 0.1) is 0 Å². The van der Waals surface area contributed by atoms with Gasteiger partial charge in [0, 0.05) is 57.0 Å². The van der Waals surface area contributed by atoms with Crippen molar-refractivity contribution in [3.05, 3.63) is 30.1 Å². The number of nitrogens with zero attached hydrogens (tertiary/aromatic N) is 3. The molecule has 2 saturated heterocycles. The highest BCUT2D eigenvalue weighted by Gasteiger charge is 2.42. The predicted molar refractivity (Wildman–Crippen MR) is 93.6 cm³/mol. The average molecular weight is 345 g/mol. The average Bonchev–Trinajstić information content (AvgIpc) is 2.64. The van der Waals surface area contributed by atoms with Gasteiger partial charge in [-0.05, 0) is 43.9 Å². The van der Waals surface area contributed by atoms with Crippen LogP contribution in [0.1, 0.15) is 38.2 Å². The van der Waals surface area contributed by atoms with Crippen molar-refractivity contribution in [2.75, 3.05) is 32.8 Å². The quantitative estimate of drug-likeness (QED) is 0.817. The van der Waals surface area contributed by atoms with Crippen molar-refractivity contribution in [3.63, 3.8) is 0 Å². The summed E-state index contributed by atoms with van der Waals surface area (Å²) in [6, 6.07) is 3.90. The molecule has 1 unspecified atom stereocenters. The Hall–Kier alpha value is -1.95. The Bertz CT molecular complexity index is 607. The number of likely N-dealkylation sites (tertiary alicyclic amines) is 2. The van der Waals surface area contributed by atoms with E-state index in [4.69, 9.17) is 4.74 Å². The summed E-state index contributed by atoms with van der Waals surface area (Å²) in [5.41, 5.74) is 1.13. The molecule has 2 aliphatic rings. The molecule has 136 valence electrons. The monoisotopic (exact) mass is 345 g/mol. The van der Waals surface area contributed by atoms with Crippen LogP contribution in [0.2, 0.25) is 0 Å². The first-order valence-corrected chi connectivity index (χ1v) is 9.14. The van der Waals surface area contributed by atoms with Crippen LogP contribution >= 0.6 is 0 Å². The smallest absolute Gasteiger partial charge is 0.248 e. The zero-order valence-corrected chi connectivity index (χ0v) is 14.9. The summed E-state index contributed by atoms with van der Waals surface area (Å²) in [5, 5.41) is 0. The molecule has 1 aromatic heterocycles. The van der Waals surface area contributed by atoms with E-state index < -0.39 is 0 Å². The van der Waals surface area contributed by atoms with Gasteiger partial charge < -0.3 is 14.5 Å². The lowest BCUT2D eigenvalue weighted by atomic mass is 9.73. The fourth-order valence-electron chi connectivity index (χ4n) is 3.99. The van der Waals surface area contributed by atoms with Gasteiger partial charge in [0.25, 0.3) is 0 Å². The molecule has 6 nitrogen and oxygen atoms in total. The SMILES string of the molecule is CCOCC(=O)N1CCCC2(CCC(=O)N(Cc3ccncc3)C2)C1. The number of aromatic nitrogens is 1. The van der Waals surface area contributed by atoms with Gasteiger partial charge in [0.15, 0.2) is 0 Å². The van der Waals surface area contributed by atoms with Gasteiger partial charge in [-0.1, -0.05) is 0 Å². The van der Waals surface area contributed by atoms with Gasteiger partial charge >= 0.3 is 0 Å². The summed E-state index contributed by atoms with van der Waals surface area (Å²) in [6.07, 6.45) is 7.03. The molecule has 25 heavy (non-hydrogen) atoms. The van der Waals surface area contributed by atoms with Crippen LogP contribution in [0.15, 0.2) is 24.5 Å². The lowest BCUT2D eigenvalue weighted by Crippen LogP contribution is -2.55. The van der Waals surface area contributed by atoms with Crippen molar-refractivity contribution >= 4 is 11.8 Å². The van der Waals surface area contributed by atoms with Crippen molar-refractivity contribution in [1.29, 1.82) is 0 Å². The van der Waals surface area contributed by atoms with Gasteiger partial charge in [0.1, 0.15) is 6.61 Å². The second kappa shape index (κ2) is 7.95. The van der Waals surface area contributed by atoms with Crippen molar-refractivity contribution in [2.45, 2.75) is 39.2 Å². The minimum atomic E-state index is 0.0288. The molecule has 0 bridgehead atoms. The number of hydrogen-bond acceptors (Lipinski definition) is 4. The van der Waals surface area contributed by atoms with Crippen molar-refractivity contribution in [1.82, 2.24) is 14.8 Å². The number of rotatable bonds is 5. The molecule has 0 saturated carbocycles. The van der Waals surface area contributed by atoms with E-state index in [1.54, 1.807) is 12.4 Å². The third-order valence-electron chi connectivity index (χ3n) is 5.31. The lowest BCUT2D eigenvalue weighted by molar-refractivity contribution is -0.145. The predicted octanol–water partition coefficient (Wildman–Crippen LogP) is 1.85. The topological polar surface area (TPSA) is 62.7 Å². The van der Waals surface area contributed by atoms with E-state index in [0.717, 1.165) is 44.5 Å². The molecule has 3 heterocycles. The molecule has 2 amide bonds. The fourth-order valence-corrected chi connectivity index (χ4v) is 3.99. The van der Waals surface area contributed by atoms with E-state index in [9.17, 15) is 9.59 Å². The highest BCUT2D eigenvalue weighted by Crippen LogP contribution is 2.39. The van der Waals surface area contributed by atoms with Gasteiger partial charge in [0.2, 0.25) is 11.8 Å². The van der Waals surface area contributed by atoms with Crippen LogP contribution in [0.3, 0.4) is 0 Å². The van der Waals surface area contributed by atoms with E-state index in [1.807, 2.05) is 28.9 Å². The molecule has 1 spiro atoms. The Morgan fingerprint density at radius 2 is 2.08 bits per heavy atom. The van der Waals surface area contributed by atoms with Crippen LogP contribution in [0.5, 0.6) is 0 Å². The number of ether oxygens (including phenoxy) is 1. The molecule has 6 heteroatoms. The van der Waals surface area contributed by atoms with E-state index in [2.05, 4.69) is 4.98 Å². The molecular weight excluding hydrogens is 318 g/mol. The largest absolute Gasteiger partial charge is 0.372 e. The summed E-state index contributed by atoms with van der Waals surface area (Å²) in [7, 11) is 0. The summed E-state index contributed by atoms with van der Waals surface area (Å²) >= 11 is 0. The van der Waals surface area contributed by atoms with E-state index in [0.29, 0.717) is 19.6 Å². The maximum absolute atomic E-state index is 12.4. The van der Waals surface area contributed by atoms with Crippen molar-refractivity contribution in [2.24, 2.45) is 5.41 Å². The second-order valence-corrected chi connectivity index (χ2v) is 7.16. The summed E-state index contributed by atoms with van der Waals surface area (Å²) < 4.78 is 5.28. The number of pyridine rings is 1. The Balaban J connectivity index is 1.66. The highest BCUT2D eigenvalue weighted by atomic mass is 16.5. The maximum Gasteiger partial charge on any atom is 0.248 e. The zero-order valence-electron chi connectivity index (χ0n) is 14.9. The van der Waals surface area contributed by atoms with Gasteiger partial charge in [-0.3, -0.25) is 14.6 Å². The van der Waals surface area contributed by atoms with Crippen LogP contribution in [0, 0.1) is 5.41 Å². The number of carbonyl (C=O) groups is 2.